The highest BCUT2D eigenvalue weighted by atomic mass is 35.5. The van der Waals surface area contributed by atoms with Crippen molar-refractivity contribution in [2.24, 2.45) is 0 Å². The van der Waals surface area contributed by atoms with Crippen LogP contribution >= 0.6 is 23.2 Å². The van der Waals surface area contributed by atoms with E-state index in [1.165, 1.54) is 0 Å². The lowest BCUT2D eigenvalue weighted by molar-refractivity contribution is -0.160. The molecule has 2 heterocycles. The average molecular weight is 403 g/mol. The molecule has 2 fully saturated rings. The van der Waals surface area contributed by atoms with E-state index in [-0.39, 0.29) is 11.6 Å². The van der Waals surface area contributed by atoms with Crippen LogP contribution in [0.15, 0.2) is 36.4 Å². The minimum Gasteiger partial charge on any atom is -0.356 e. The van der Waals surface area contributed by atoms with Crippen LogP contribution in [0.3, 0.4) is 0 Å². The molecule has 140 valence electrons. The topological polar surface area (TPSA) is 43.4 Å². The van der Waals surface area contributed by atoms with E-state index in [2.05, 4.69) is 0 Å². The lowest BCUT2D eigenvalue weighted by Gasteiger charge is -2.34. The number of ether oxygens (including phenoxy) is 1. The molecule has 0 saturated carbocycles. The van der Waals surface area contributed by atoms with Crippen molar-refractivity contribution in [3.63, 3.8) is 0 Å². The second-order valence-corrected chi connectivity index (χ2v) is 8.31. The summed E-state index contributed by atoms with van der Waals surface area (Å²) in [6.45, 7) is 3.83. The first kappa shape index (κ1) is 18.7. The van der Waals surface area contributed by atoms with Crippen LogP contribution in [-0.4, -0.2) is 23.3 Å². The molecule has 1 unspecified atom stereocenters. The SMILES string of the molecule is CCc1ccc(-c2ccc(Cl)cc2Cl)cc1C1C(=O)[C@@H]2CC[C@@](C)(O2)C1=O. The summed E-state index contributed by atoms with van der Waals surface area (Å²) in [7, 11) is 0. The molecular weight excluding hydrogens is 383 g/mol. The van der Waals surface area contributed by atoms with Crippen LogP contribution in [0.1, 0.15) is 43.7 Å². The number of halogens is 2. The number of carbonyl (C=O) groups excluding carboxylic acids is 2. The van der Waals surface area contributed by atoms with E-state index in [0.717, 1.165) is 28.7 Å². The summed E-state index contributed by atoms with van der Waals surface area (Å²) in [5.41, 5.74) is 2.61. The summed E-state index contributed by atoms with van der Waals surface area (Å²) < 4.78 is 5.75. The molecule has 0 spiro atoms. The van der Waals surface area contributed by atoms with Crippen molar-refractivity contribution in [1.29, 1.82) is 0 Å². The van der Waals surface area contributed by atoms with Crippen LogP contribution in [0.4, 0.5) is 0 Å². The van der Waals surface area contributed by atoms with E-state index >= 15 is 0 Å². The number of benzene rings is 2. The second kappa shape index (κ2) is 6.73. The fraction of sp³-hybridized carbons (Fsp3) is 0.364. The average Bonchev–Trinajstić information content (AvgIpc) is 3.01. The van der Waals surface area contributed by atoms with Gasteiger partial charge in [0.2, 0.25) is 0 Å². The lowest BCUT2D eigenvalue weighted by atomic mass is 9.78. The van der Waals surface area contributed by atoms with Gasteiger partial charge in [0.15, 0.2) is 11.6 Å². The molecule has 2 aromatic rings. The molecule has 2 aliphatic heterocycles. The highest BCUT2D eigenvalue weighted by Crippen LogP contribution is 2.44. The van der Waals surface area contributed by atoms with Gasteiger partial charge in [0.25, 0.3) is 0 Å². The Morgan fingerprint density at radius 1 is 1.15 bits per heavy atom. The van der Waals surface area contributed by atoms with Gasteiger partial charge in [-0.05, 0) is 61.1 Å². The zero-order valence-electron chi connectivity index (χ0n) is 15.2. The number of hydrogen-bond donors (Lipinski definition) is 0. The fourth-order valence-electron chi connectivity index (χ4n) is 4.21. The van der Waals surface area contributed by atoms with Crippen LogP contribution in [-0.2, 0) is 20.7 Å². The highest BCUT2D eigenvalue weighted by Gasteiger charge is 2.55. The van der Waals surface area contributed by atoms with E-state index in [9.17, 15) is 9.59 Å². The zero-order valence-corrected chi connectivity index (χ0v) is 16.7. The molecule has 0 aliphatic carbocycles. The molecule has 2 saturated heterocycles. The first-order chi connectivity index (χ1) is 12.8. The predicted molar refractivity (Wildman–Crippen MR) is 107 cm³/mol. The zero-order chi connectivity index (χ0) is 19.3. The van der Waals surface area contributed by atoms with E-state index in [1.807, 2.05) is 31.2 Å². The number of rotatable bonds is 3. The van der Waals surface area contributed by atoms with Gasteiger partial charge in [-0.25, -0.2) is 0 Å². The molecule has 0 aromatic heterocycles. The third-order valence-electron chi connectivity index (χ3n) is 5.75. The summed E-state index contributed by atoms with van der Waals surface area (Å²) >= 11 is 12.4. The molecule has 5 heteroatoms. The van der Waals surface area contributed by atoms with Crippen LogP contribution in [0.2, 0.25) is 10.0 Å². The monoisotopic (exact) mass is 402 g/mol. The molecule has 3 nitrogen and oxygen atoms in total. The Hall–Kier alpha value is -1.68. The van der Waals surface area contributed by atoms with Crippen LogP contribution in [0.25, 0.3) is 11.1 Å². The summed E-state index contributed by atoms with van der Waals surface area (Å²) in [5, 5.41) is 1.10. The maximum absolute atomic E-state index is 13.2. The van der Waals surface area contributed by atoms with Crippen molar-refractivity contribution in [2.75, 3.05) is 0 Å². The van der Waals surface area contributed by atoms with Crippen molar-refractivity contribution < 1.29 is 14.3 Å². The Kier molecular flexibility index (Phi) is 4.66. The number of carbonyl (C=O) groups is 2. The number of aryl methyl sites for hydroxylation is 1. The quantitative estimate of drug-likeness (QED) is 0.645. The molecule has 0 radical (unpaired) electrons. The van der Waals surface area contributed by atoms with Gasteiger partial charge in [0, 0.05) is 15.6 Å². The van der Waals surface area contributed by atoms with Gasteiger partial charge in [0.1, 0.15) is 17.6 Å². The van der Waals surface area contributed by atoms with Crippen molar-refractivity contribution in [3.05, 3.63) is 57.6 Å². The predicted octanol–water partition coefficient (Wildman–Crippen LogP) is 5.40. The van der Waals surface area contributed by atoms with Gasteiger partial charge in [-0.1, -0.05) is 48.3 Å². The molecule has 2 bridgehead atoms. The van der Waals surface area contributed by atoms with Gasteiger partial charge in [-0.15, -0.1) is 0 Å². The van der Waals surface area contributed by atoms with E-state index in [0.29, 0.717) is 22.9 Å². The normalized spacial score (nSPS) is 27.3. The fourth-order valence-corrected chi connectivity index (χ4v) is 4.73. The number of ketones is 2. The summed E-state index contributed by atoms with van der Waals surface area (Å²) in [5.74, 6) is -1.02. The Bertz CT molecular complexity index is 953. The van der Waals surface area contributed by atoms with Gasteiger partial charge in [-0.3, -0.25) is 9.59 Å². The maximum atomic E-state index is 13.2. The smallest absolute Gasteiger partial charge is 0.179 e. The molecule has 4 rings (SSSR count). The summed E-state index contributed by atoms with van der Waals surface area (Å²) in [6, 6.07) is 11.2. The number of Topliss-reactive ketones (excluding diaryl/α,β-unsaturated/α-hetero) is 2. The summed E-state index contributed by atoms with van der Waals surface area (Å²) in [4.78, 5) is 26.1. The van der Waals surface area contributed by atoms with Crippen LogP contribution in [0.5, 0.6) is 0 Å². The Balaban J connectivity index is 1.84. The third-order valence-corrected chi connectivity index (χ3v) is 6.30. The molecule has 2 aliphatic rings. The maximum Gasteiger partial charge on any atom is 0.179 e. The summed E-state index contributed by atoms with van der Waals surface area (Å²) in [6.07, 6.45) is 1.47. The minimum atomic E-state index is -0.859. The standard InChI is InChI=1S/C22H20Cl2O3/c1-3-12-4-5-13(15-7-6-14(23)11-17(15)24)10-16(12)19-20(25)18-8-9-22(2,27-18)21(19)26/h4-7,10-11,18-19H,3,8-9H2,1-2H3/t18-,19?,22+/m0/s1. The van der Waals surface area contributed by atoms with E-state index in [1.54, 1.807) is 19.1 Å². The van der Waals surface area contributed by atoms with E-state index < -0.39 is 17.6 Å². The number of fused-ring (bicyclic) bond motifs is 2. The molecule has 0 amide bonds. The molecular formula is C22H20Cl2O3. The van der Waals surface area contributed by atoms with Gasteiger partial charge in [-0.2, -0.15) is 0 Å². The Labute approximate surface area is 168 Å². The van der Waals surface area contributed by atoms with Gasteiger partial charge in [0.05, 0.1) is 0 Å². The van der Waals surface area contributed by atoms with Gasteiger partial charge >= 0.3 is 0 Å². The molecule has 2 aromatic carbocycles. The van der Waals surface area contributed by atoms with Crippen LogP contribution in [0, 0.1) is 0 Å². The second-order valence-electron chi connectivity index (χ2n) is 7.47. The largest absolute Gasteiger partial charge is 0.356 e. The molecule has 3 atom stereocenters. The molecule has 0 N–H and O–H groups in total. The van der Waals surface area contributed by atoms with Crippen LogP contribution < -0.4 is 0 Å². The van der Waals surface area contributed by atoms with Gasteiger partial charge < -0.3 is 4.74 Å². The molecule has 27 heavy (non-hydrogen) atoms. The van der Waals surface area contributed by atoms with Crippen molar-refractivity contribution in [3.8, 4) is 11.1 Å². The number of hydrogen-bond acceptors (Lipinski definition) is 3. The Morgan fingerprint density at radius 2 is 1.93 bits per heavy atom. The Morgan fingerprint density at radius 3 is 2.63 bits per heavy atom. The first-order valence-electron chi connectivity index (χ1n) is 9.18. The van der Waals surface area contributed by atoms with Crippen molar-refractivity contribution >= 4 is 34.8 Å². The lowest BCUT2D eigenvalue weighted by Crippen LogP contribution is -2.49. The van der Waals surface area contributed by atoms with E-state index in [4.69, 9.17) is 27.9 Å². The minimum absolute atomic E-state index is 0.121. The first-order valence-corrected chi connectivity index (χ1v) is 9.94. The third kappa shape index (κ3) is 3.02. The van der Waals surface area contributed by atoms with Crippen molar-refractivity contribution in [1.82, 2.24) is 0 Å². The highest BCUT2D eigenvalue weighted by molar-refractivity contribution is 6.36. The van der Waals surface area contributed by atoms with Crippen molar-refractivity contribution in [2.45, 2.75) is 50.7 Å².